The fraction of sp³-hybridized carbons (Fsp3) is 0.235. The van der Waals surface area contributed by atoms with Gasteiger partial charge in [0.15, 0.2) is 0 Å². The number of hydrogen-bond acceptors (Lipinski definition) is 1. The van der Waals surface area contributed by atoms with Crippen molar-refractivity contribution in [3.63, 3.8) is 0 Å². The van der Waals surface area contributed by atoms with Gasteiger partial charge in [-0.15, -0.1) is 0 Å². The molecule has 1 amide bonds. The molecule has 126 valence electrons. The summed E-state index contributed by atoms with van der Waals surface area (Å²) in [7, 11) is 0. The van der Waals surface area contributed by atoms with Gasteiger partial charge in [-0.25, -0.2) is 8.78 Å². The highest BCUT2D eigenvalue weighted by atomic mass is 19.4. The molecule has 0 bridgehead atoms. The molecule has 1 fully saturated rings. The van der Waals surface area contributed by atoms with E-state index < -0.39 is 35.2 Å². The highest BCUT2D eigenvalue weighted by molar-refractivity contribution is 5.95. The highest BCUT2D eigenvalue weighted by Gasteiger charge is 2.44. The molecule has 0 radical (unpaired) electrons. The summed E-state index contributed by atoms with van der Waals surface area (Å²) in [6, 6.07) is 7.34. The zero-order chi connectivity index (χ0) is 17.5. The van der Waals surface area contributed by atoms with Crippen molar-refractivity contribution in [2.45, 2.75) is 18.5 Å². The largest absolute Gasteiger partial charge is 0.416 e. The first-order chi connectivity index (χ1) is 11.2. The predicted molar refractivity (Wildman–Crippen MR) is 77.3 cm³/mol. The van der Waals surface area contributed by atoms with E-state index in [0.717, 1.165) is 24.3 Å². The van der Waals surface area contributed by atoms with Crippen LogP contribution in [0.25, 0.3) is 0 Å². The van der Waals surface area contributed by atoms with Gasteiger partial charge >= 0.3 is 6.18 Å². The van der Waals surface area contributed by atoms with Gasteiger partial charge in [0.25, 0.3) is 0 Å². The number of anilines is 1. The van der Waals surface area contributed by atoms with Crippen molar-refractivity contribution >= 4 is 11.6 Å². The van der Waals surface area contributed by atoms with Crippen LogP contribution in [0.2, 0.25) is 0 Å². The topological polar surface area (TPSA) is 29.1 Å². The van der Waals surface area contributed by atoms with E-state index >= 15 is 0 Å². The molecule has 0 aromatic heterocycles. The molecule has 24 heavy (non-hydrogen) atoms. The van der Waals surface area contributed by atoms with Crippen LogP contribution in [-0.2, 0) is 11.0 Å². The number of nitrogens with one attached hydrogen (secondary N) is 1. The van der Waals surface area contributed by atoms with E-state index in [-0.39, 0.29) is 11.6 Å². The molecule has 3 rings (SSSR count). The van der Waals surface area contributed by atoms with Crippen molar-refractivity contribution in [2.75, 3.05) is 5.32 Å². The lowest BCUT2D eigenvalue weighted by Gasteiger charge is -2.08. The second-order valence-corrected chi connectivity index (χ2v) is 5.72. The third-order valence-corrected chi connectivity index (χ3v) is 3.92. The summed E-state index contributed by atoms with van der Waals surface area (Å²) in [5, 5.41) is 2.42. The number of carbonyl (C=O) groups is 1. The lowest BCUT2D eigenvalue weighted by atomic mass is 10.1. The van der Waals surface area contributed by atoms with Crippen molar-refractivity contribution in [1.29, 1.82) is 0 Å². The SMILES string of the molecule is O=C(Nc1cc(F)cc(F)c1)C1CC1c1ccc(C(F)(F)F)cc1. The van der Waals surface area contributed by atoms with Crippen LogP contribution in [-0.4, -0.2) is 5.91 Å². The number of amides is 1. The van der Waals surface area contributed by atoms with Crippen LogP contribution in [0.3, 0.4) is 0 Å². The summed E-state index contributed by atoms with van der Waals surface area (Å²) in [6.07, 6.45) is -3.92. The Morgan fingerprint density at radius 2 is 1.58 bits per heavy atom. The van der Waals surface area contributed by atoms with Crippen LogP contribution < -0.4 is 5.32 Å². The first kappa shape index (κ1) is 16.4. The molecule has 1 saturated carbocycles. The smallest absolute Gasteiger partial charge is 0.326 e. The summed E-state index contributed by atoms with van der Waals surface area (Å²) < 4.78 is 63.7. The number of halogens is 5. The summed E-state index contributed by atoms with van der Waals surface area (Å²) in [4.78, 5) is 12.1. The second kappa shape index (κ2) is 5.89. The number of benzene rings is 2. The van der Waals surface area contributed by atoms with Crippen molar-refractivity contribution < 1.29 is 26.7 Å². The standard InChI is InChI=1S/C17H12F5NO/c18-11-5-12(19)7-13(6-11)23-16(24)15-8-14(15)9-1-3-10(4-2-9)17(20,21)22/h1-7,14-15H,8H2,(H,23,24). The molecule has 1 N–H and O–H groups in total. The summed E-state index contributed by atoms with van der Waals surface area (Å²) in [5.74, 6) is -2.63. The van der Waals surface area contributed by atoms with Gasteiger partial charge < -0.3 is 5.32 Å². The summed E-state index contributed by atoms with van der Waals surface area (Å²) >= 11 is 0. The minimum absolute atomic E-state index is 0.00979. The van der Waals surface area contributed by atoms with Gasteiger partial charge in [0.1, 0.15) is 11.6 Å². The average molecular weight is 341 g/mol. The molecule has 2 aromatic rings. The van der Waals surface area contributed by atoms with Gasteiger partial charge in [0.2, 0.25) is 5.91 Å². The number of carbonyl (C=O) groups excluding carboxylic acids is 1. The Morgan fingerprint density at radius 1 is 1.00 bits per heavy atom. The molecule has 0 saturated heterocycles. The number of rotatable bonds is 3. The molecule has 0 heterocycles. The molecule has 0 spiro atoms. The van der Waals surface area contributed by atoms with Gasteiger partial charge in [-0.3, -0.25) is 4.79 Å². The fourth-order valence-corrected chi connectivity index (χ4v) is 2.63. The Kier molecular flexibility index (Phi) is 4.03. The molecule has 2 nitrogen and oxygen atoms in total. The van der Waals surface area contributed by atoms with Crippen LogP contribution >= 0.6 is 0 Å². The van der Waals surface area contributed by atoms with Crippen molar-refractivity contribution in [2.24, 2.45) is 5.92 Å². The van der Waals surface area contributed by atoms with Gasteiger partial charge in [-0.05, 0) is 42.2 Å². The van der Waals surface area contributed by atoms with Crippen LogP contribution in [0.5, 0.6) is 0 Å². The maximum absolute atomic E-state index is 13.1. The van der Waals surface area contributed by atoms with Crippen molar-refractivity contribution in [3.05, 3.63) is 65.2 Å². The Bertz CT molecular complexity index is 749. The van der Waals surface area contributed by atoms with Crippen molar-refractivity contribution in [3.8, 4) is 0 Å². The fourth-order valence-electron chi connectivity index (χ4n) is 2.63. The van der Waals surface area contributed by atoms with E-state index in [1.807, 2.05) is 0 Å². The maximum Gasteiger partial charge on any atom is 0.416 e. The van der Waals surface area contributed by atoms with Crippen LogP contribution in [0.4, 0.5) is 27.6 Å². The normalized spacial score (nSPS) is 19.9. The van der Waals surface area contributed by atoms with E-state index in [4.69, 9.17) is 0 Å². The molecule has 7 heteroatoms. The maximum atomic E-state index is 13.1. The number of hydrogen-bond donors (Lipinski definition) is 1. The average Bonchev–Trinajstić information content (AvgIpc) is 3.26. The van der Waals surface area contributed by atoms with Crippen LogP contribution in [0.1, 0.15) is 23.5 Å². The van der Waals surface area contributed by atoms with Gasteiger partial charge in [0.05, 0.1) is 5.56 Å². The Balaban J connectivity index is 1.65. The van der Waals surface area contributed by atoms with Crippen molar-refractivity contribution in [1.82, 2.24) is 0 Å². The second-order valence-electron chi connectivity index (χ2n) is 5.72. The number of alkyl halides is 3. The van der Waals surface area contributed by atoms with Crippen LogP contribution in [0, 0.1) is 17.6 Å². The Morgan fingerprint density at radius 3 is 2.12 bits per heavy atom. The zero-order valence-electron chi connectivity index (χ0n) is 12.2. The molecule has 1 aliphatic carbocycles. The van der Waals surface area contributed by atoms with Gasteiger partial charge in [-0.2, -0.15) is 13.2 Å². The zero-order valence-corrected chi connectivity index (χ0v) is 12.2. The molecule has 2 atom stereocenters. The Hall–Kier alpha value is -2.44. The molecule has 2 aromatic carbocycles. The minimum atomic E-state index is -4.40. The summed E-state index contributed by atoms with van der Waals surface area (Å²) in [5.41, 5.74) is -0.104. The monoisotopic (exact) mass is 341 g/mol. The van der Waals surface area contributed by atoms with E-state index in [9.17, 15) is 26.7 Å². The molecular weight excluding hydrogens is 329 g/mol. The highest BCUT2D eigenvalue weighted by Crippen LogP contribution is 2.48. The van der Waals surface area contributed by atoms with Gasteiger partial charge in [-0.1, -0.05) is 12.1 Å². The lowest BCUT2D eigenvalue weighted by Crippen LogP contribution is -2.15. The van der Waals surface area contributed by atoms with Gasteiger partial charge in [0, 0.05) is 17.7 Å². The third-order valence-electron chi connectivity index (χ3n) is 3.92. The lowest BCUT2D eigenvalue weighted by molar-refractivity contribution is -0.137. The Labute approximate surface area is 134 Å². The molecule has 0 aliphatic heterocycles. The minimum Gasteiger partial charge on any atom is -0.326 e. The molecule has 1 aliphatic rings. The molecular formula is C17H12F5NO. The van der Waals surface area contributed by atoms with E-state index in [1.165, 1.54) is 12.1 Å². The van der Waals surface area contributed by atoms with E-state index in [1.54, 1.807) is 0 Å². The first-order valence-electron chi connectivity index (χ1n) is 7.18. The summed E-state index contributed by atoms with van der Waals surface area (Å²) in [6.45, 7) is 0. The van der Waals surface area contributed by atoms with Crippen LogP contribution in [0.15, 0.2) is 42.5 Å². The predicted octanol–water partition coefficient (Wildman–Crippen LogP) is 4.73. The first-order valence-corrected chi connectivity index (χ1v) is 7.18. The van der Waals surface area contributed by atoms with E-state index in [0.29, 0.717) is 18.1 Å². The third kappa shape index (κ3) is 3.55. The van der Waals surface area contributed by atoms with E-state index in [2.05, 4.69) is 5.32 Å². The molecule has 2 unspecified atom stereocenters. The quantitative estimate of drug-likeness (QED) is 0.804.